The summed E-state index contributed by atoms with van der Waals surface area (Å²) in [7, 11) is 0. The van der Waals surface area contributed by atoms with Crippen LogP contribution in [0.2, 0.25) is 4.97 Å². The molecular weight excluding hydrogens is 288 g/mol. The maximum atomic E-state index is 11.1. The molecule has 0 radical (unpaired) electrons. The van der Waals surface area contributed by atoms with Crippen molar-refractivity contribution in [1.82, 2.24) is 0 Å². The third kappa shape index (κ3) is 7.10. The van der Waals surface area contributed by atoms with Gasteiger partial charge in [0.1, 0.15) is 0 Å². The molecule has 0 rings (SSSR count). The fourth-order valence-corrected chi connectivity index (χ4v) is 3.29. The van der Waals surface area contributed by atoms with E-state index in [-0.39, 0.29) is 0 Å². The van der Waals surface area contributed by atoms with Gasteiger partial charge in [-0.1, -0.05) is 0 Å². The van der Waals surface area contributed by atoms with Crippen LogP contribution in [0.4, 0.5) is 13.2 Å². The van der Waals surface area contributed by atoms with Gasteiger partial charge in [-0.15, -0.1) is 0 Å². The van der Waals surface area contributed by atoms with Crippen LogP contribution in [0.15, 0.2) is 0 Å². The zero-order valence-corrected chi connectivity index (χ0v) is 7.49. The SMILES string of the molecule is C[Te][Se]C(F)(F)F. The number of hydrogen-bond donors (Lipinski definition) is 0. The van der Waals surface area contributed by atoms with E-state index >= 15 is 0 Å². The van der Waals surface area contributed by atoms with Gasteiger partial charge in [-0.2, -0.15) is 0 Å². The van der Waals surface area contributed by atoms with Crippen molar-refractivity contribution in [2.45, 2.75) is 10.0 Å². The molecule has 44 valence electrons. The van der Waals surface area contributed by atoms with Gasteiger partial charge in [-0.3, -0.25) is 0 Å². The molecule has 5 heteroatoms. The van der Waals surface area contributed by atoms with Crippen LogP contribution in [0.1, 0.15) is 0 Å². The molecule has 0 amide bonds. The van der Waals surface area contributed by atoms with Crippen molar-refractivity contribution in [3.05, 3.63) is 0 Å². The van der Waals surface area contributed by atoms with Crippen LogP contribution in [0.3, 0.4) is 0 Å². The molecule has 0 nitrogen and oxygen atoms in total. The van der Waals surface area contributed by atoms with Crippen LogP contribution in [-0.2, 0) is 0 Å². The van der Waals surface area contributed by atoms with Gasteiger partial charge in [0.15, 0.2) is 0 Å². The molecule has 0 aliphatic carbocycles. The molecule has 0 saturated heterocycles. The Labute approximate surface area is 53.7 Å². The van der Waals surface area contributed by atoms with E-state index in [0.717, 1.165) is 0 Å². The average molecular weight is 291 g/mol. The summed E-state index contributed by atoms with van der Waals surface area (Å²) in [4.78, 5) is 1.67. The Morgan fingerprint density at radius 1 is 1.43 bits per heavy atom. The molecule has 0 aromatic rings. The first-order valence-corrected chi connectivity index (χ1v) is 10.2. The van der Waals surface area contributed by atoms with Crippen molar-refractivity contribution >= 4 is 30.5 Å². The van der Waals surface area contributed by atoms with Gasteiger partial charge in [0.2, 0.25) is 0 Å². The molecule has 0 aromatic carbocycles. The molecule has 0 N–H and O–H groups in total. The van der Waals surface area contributed by atoms with Crippen LogP contribution in [-0.4, -0.2) is 35.5 Å². The molecule has 0 spiro atoms. The Balaban J connectivity index is 3.15. The molecule has 7 heavy (non-hydrogen) atoms. The van der Waals surface area contributed by atoms with E-state index in [4.69, 9.17) is 0 Å². The first kappa shape index (κ1) is 8.10. The van der Waals surface area contributed by atoms with E-state index in [2.05, 4.69) is 0 Å². The predicted molar refractivity (Wildman–Crippen MR) is 23.4 cm³/mol. The zero-order chi connectivity index (χ0) is 5.91. The van der Waals surface area contributed by atoms with Gasteiger partial charge >= 0.3 is 53.7 Å². The number of alkyl halides is 3. The van der Waals surface area contributed by atoms with Gasteiger partial charge in [-0.05, 0) is 0 Å². The molecule has 0 atom stereocenters. The molecular formula is C2H3F3SeTe. The third-order valence-electron chi connectivity index (χ3n) is 0.178. The summed E-state index contributed by atoms with van der Waals surface area (Å²) in [5.74, 6) is 0. The molecule has 0 aliphatic heterocycles. The third-order valence-corrected chi connectivity index (χ3v) is 6.20. The van der Waals surface area contributed by atoms with Crippen LogP contribution in [0.5, 0.6) is 0 Å². The summed E-state index contributed by atoms with van der Waals surface area (Å²) in [6.07, 6.45) is 0. The molecule has 0 heterocycles. The van der Waals surface area contributed by atoms with Crippen LogP contribution in [0, 0.1) is 0 Å². The Kier molecular flexibility index (Phi) is 3.69. The van der Waals surface area contributed by atoms with E-state index in [1.807, 2.05) is 0 Å². The summed E-state index contributed by atoms with van der Waals surface area (Å²) in [5, 5.41) is -3.83. The number of rotatable bonds is 1. The fourth-order valence-electron chi connectivity index (χ4n) is 0.0945. The van der Waals surface area contributed by atoms with Crippen LogP contribution < -0.4 is 0 Å². The van der Waals surface area contributed by atoms with Crippen molar-refractivity contribution in [3.63, 3.8) is 0 Å². The monoisotopic (exact) mass is 294 g/mol. The Hall–Kier alpha value is 1.10. The van der Waals surface area contributed by atoms with Crippen molar-refractivity contribution in [3.8, 4) is 0 Å². The summed E-state index contributed by atoms with van der Waals surface area (Å²) >= 11 is -1.70. The Bertz CT molecular complexity index is 51.4. The van der Waals surface area contributed by atoms with Crippen LogP contribution >= 0.6 is 0 Å². The van der Waals surface area contributed by atoms with E-state index < -0.39 is 35.5 Å². The van der Waals surface area contributed by atoms with Gasteiger partial charge in [0, 0.05) is 0 Å². The Morgan fingerprint density at radius 2 is 1.86 bits per heavy atom. The second-order valence-electron chi connectivity index (χ2n) is 0.696. The topological polar surface area (TPSA) is 0 Å². The van der Waals surface area contributed by atoms with E-state index in [9.17, 15) is 13.2 Å². The van der Waals surface area contributed by atoms with Gasteiger partial charge in [0.05, 0.1) is 0 Å². The number of hydrogen-bond acceptors (Lipinski definition) is 0. The van der Waals surface area contributed by atoms with Gasteiger partial charge in [0.25, 0.3) is 0 Å². The quantitative estimate of drug-likeness (QED) is 0.629. The molecule has 0 unspecified atom stereocenters. The van der Waals surface area contributed by atoms with Crippen molar-refractivity contribution in [1.29, 1.82) is 0 Å². The molecule has 0 saturated carbocycles. The van der Waals surface area contributed by atoms with Crippen molar-refractivity contribution < 1.29 is 13.2 Å². The standard InChI is InChI=1S/C2H3F3SeTe/c1-7-6-2(3,4)5/h1H3. The summed E-state index contributed by atoms with van der Waals surface area (Å²) in [6.45, 7) is 0. The molecule has 0 aliphatic rings. The van der Waals surface area contributed by atoms with Crippen molar-refractivity contribution in [2.75, 3.05) is 0 Å². The van der Waals surface area contributed by atoms with E-state index in [1.165, 1.54) is 0 Å². The molecule has 0 aromatic heterocycles. The molecule has 0 bridgehead atoms. The second kappa shape index (κ2) is 3.19. The summed E-state index contributed by atoms with van der Waals surface area (Å²) < 4.78 is 33.3. The summed E-state index contributed by atoms with van der Waals surface area (Å²) in [5.41, 5.74) is 0. The van der Waals surface area contributed by atoms with Gasteiger partial charge in [-0.25, -0.2) is 0 Å². The second-order valence-corrected chi connectivity index (χ2v) is 10.1. The Morgan fingerprint density at radius 3 is 1.86 bits per heavy atom. The predicted octanol–water partition coefficient (Wildman–Crippen LogP) is 0.878. The zero-order valence-electron chi connectivity index (χ0n) is 3.45. The fraction of sp³-hybridized carbons (Fsp3) is 1.00. The van der Waals surface area contributed by atoms with Crippen LogP contribution in [0.25, 0.3) is 0 Å². The number of halogens is 3. The minimum atomic E-state index is -3.83. The normalized spacial score (nSPS) is 12.0. The van der Waals surface area contributed by atoms with Crippen molar-refractivity contribution in [2.24, 2.45) is 0 Å². The molecule has 0 fully saturated rings. The first-order chi connectivity index (χ1) is 3.06. The maximum absolute atomic E-state index is 11.1. The minimum absolute atomic E-state index is 0.689. The van der Waals surface area contributed by atoms with Gasteiger partial charge < -0.3 is 0 Å². The van der Waals surface area contributed by atoms with E-state index in [1.54, 1.807) is 4.97 Å². The average Bonchev–Trinajstić information content (AvgIpc) is 1.30. The van der Waals surface area contributed by atoms with E-state index in [0.29, 0.717) is 0 Å². The first-order valence-electron chi connectivity index (χ1n) is 1.35. The summed E-state index contributed by atoms with van der Waals surface area (Å²) in [6, 6.07) is 0.